The zero-order valence-electron chi connectivity index (χ0n) is 15.7. The number of hydrogen-bond acceptors (Lipinski definition) is 3. The summed E-state index contributed by atoms with van der Waals surface area (Å²) in [6, 6.07) is 6.94. The van der Waals surface area contributed by atoms with E-state index in [0.29, 0.717) is 18.0 Å². The van der Waals surface area contributed by atoms with Crippen LogP contribution in [0.25, 0.3) is 0 Å². The number of aromatic nitrogens is 1. The van der Waals surface area contributed by atoms with Crippen LogP contribution in [0.3, 0.4) is 0 Å². The van der Waals surface area contributed by atoms with Crippen LogP contribution in [0.5, 0.6) is 0 Å². The van der Waals surface area contributed by atoms with E-state index >= 15 is 0 Å². The van der Waals surface area contributed by atoms with Gasteiger partial charge in [0, 0.05) is 24.8 Å². The summed E-state index contributed by atoms with van der Waals surface area (Å²) < 4.78 is 0. The Labute approximate surface area is 146 Å². The van der Waals surface area contributed by atoms with Crippen molar-refractivity contribution >= 4 is 5.91 Å². The van der Waals surface area contributed by atoms with E-state index in [2.05, 4.69) is 37.6 Å². The number of carbonyl (C=O) groups is 1. The molecule has 4 nitrogen and oxygen atoms in total. The van der Waals surface area contributed by atoms with Crippen molar-refractivity contribution in [3.8, 4) is 0 Å². The highest BCUT2D eigenvalue weighted by Crippen LogP contribution is 2.35. The lowest BCUT2D eigenvalue weighted by Crippen LogP contribution is -2.49. The molecule has 2 rings (SSSR count). The van der Waals surface area contributed by atoms with E-state index in [-0.39, 0.29) is 5.91 Å². The fraction of sp³-hybridized carbons (Fsp3) is 0.700. The third-order valence-corrected chi connectivity index (χ3v) is 5.56. The summed E-state index contributed by atoms with van der Waals surface area (Å²) in [5.41, 5.74) is 6.09. The van der Waals surface area contributed by atoms with Gasteiger partial charge in [-0.3, -0.25) is 14.7 Å². The molecule has 2 heterocycles. The summed E-state index contributed by atoms with van der Waals surface area (Å²) >= 11 is 0. The van der Waals surface area contributed by atoms with Gasteiger partial charge in [0.25, 0.3) is 0 Å². The summed E-state index contributed by atoms with van der Waals surface area (Å²) in [5, 5.41) is 0. The van der Waals surface area contributed by atoms with Gasteiger partial charge in [-0.15, -0.1) is 0 Å². The van der Waals surface area contributed by atoms with Crippen molar-refractivity contribution in [1.29, 1.82) is 0 Å². The molecule has 0 unspecified atom stereocenters. The van der Waals surface area contributed by atoms with Crippen LogP contribution in [-0.4, -0.2) is 34.4 Å². The number of hydrogen-bond donors (Lipinski definition) is 1. The Morgan fingerprint density at radius 1 is 1.33 bits per heavy atom. The van der Waals surface area contributed by atoms with Crippen molar-refractivity contribution in [2.45, 2.75) is 77.3 Å². The van der Waals surface area contributed by atoms with Crippen LogP contribution < -0.4 is 5.73 Å². The molecule has 0 saturated carbocycles. The van der Waals surface area contributed by atoms with Crippen molar-refractivity contribution in [3.05, 3.63) is 30.1 Å². The monoisotopic (exact) mass is 331 g/mol. The lowest BCUT2D eigenvalue weighted by atomic mass is 9.73. The van der Waals surface area contributed by atoms with Crippen LogP contribution >= 0.6 is 0 Å². The summed E-state index contributed by atoms with van der Waals surface area (Å²) in [7, 11) is 0. The van der Waals surface area contributed by atoms with Crippen LogP contribution in [0.1, 0.15) is 65.5 Å². The summed E-state index contributed by atoms with van der Waals surface area (Å²) in [6.07, 6.45) is 7.02. The highest BCUT2D eigenvalue weighted by molar-refractivity contribution is 5.86. The molecule has 1 saturated heterocycles. The Bertz CT molecular complexity index is 521. The van der Waals surface area contributed by atoms with Crippen LogP contribution in [0.4, 0.5) is 0 Å². The van der Waals surface area contributed by atoms with Crippen LogP contribution in [0, 0.1) is 5.92 Å². The van der Waals surface area contributed by atoms with Crippen molar-refractivity contribution in [3.63, 3.8) is 0 Å². The Hall–Kier alpha value is -1.42. The molecule has 1 aliphatic heterocycles. The van der Waals surface area contributed by atoms with Gasteiger partial charge in [-0.05, 0) is 57.6 Å². The minimum Gasteiger partial charge on any atom is -0.369 e. The molecule has 3 atom stereocenters. The predicted octanol–water partition coefficient (Wildman–Crippen LogP) is 3.50. The van der Waals surface area contributed by atoms with E-state index < -0.39 is 5.41 Å². The largest absolute Gasteiger partial charge is 0.369 e. The first kappa shape index (κ1) is 18.9. The van der Waals surface area contributed by atoms with Crippen LogP contribution in [0.15, 0.2) is 24.4 Å². The van der Waals surface area contributed by atoms with E-state index in [1.54, 1.807) is 6.20 Å². The van der Waals surface area contributed by atoms with Gasteiger partial charge in [0.15, 0.2) is 0 Å². The Balaban J connectivity index is 2.27. The zero-order chi connectivity index (χ0) is 17.7. The molecule has 1 fully saturated rings. The molecule has 1 aliphatic rings. The number of rotatable bonds is 7. The summed E-state index contributed by atoms with van der Waals surface area (Å²) in [4.78, 5) is 19.6. The second-order valence-electron chi connectivity index (χ2n) is 7.88. The number of amides is 1. The maximum Gasteiger partial charge on any atom is 0.229 e. The second kappa shape index (κ2) is 8.11. The topological polar surface area (TPSA) is 59.2 Å². The molecular weight excluding hydrogens is 298 g/mol. The number of pyridine rings is 1. The number of nitrogens with two attached hydrogens (primary N) is 1. The Kier molecular flexibility index (Phi) is 6.39. The first-order valence-corrected chi connectivity index (χ1v) is 9.34. The number of nitrogens with zero attached hydrogens (tertiary/aromatic N) is 2. The van der Waals surface area contributed by atoms with Gasteiger partial charge in [-0.25, -0.2) is 0 Å². The van der Waals surface area contributed by atoms with E-state index in [4.69, 9.17) is 5.73 Å². The van der Waals surface area contributed by atoms with Gasteiger partial charge < -0.3 is 5.73 Å². The second-order valence-corrected chi connectivity index (χ2v) is 7.88. The molecule has 134 valence electrons. The predicted molar refractivity (Wildman–Crippen MR) is 98.7 cm³/mol. The lowest BCUT2D eigenvalue weighted by Gasteiger charge is -2.41. The molecule has 0 bridgehead atoms. The maximum atomic E-state index is 12.6. The molecule has 0 aromatic carbocycles. The smallest absolute Gasteiger partial charge is 0.229 e. The highest BCUT2D eigenvalue weighted by Gasteiger charge is 2.41. The number of primary amides is 1. The highest BCUT2D eigenvalue weighted by atomic mass is 16.1. The van der Waals surface area contributed by atoms with Gasteiger partial charge >= 0.3 is 0 Å². The molecule has 1 aromatic rings. The number of piperidine rings is 1. The first-order valence-electron chi connectivity index (χ1n) is 9.34. The van der Waals surface area contributed by atoms with Crippen LogP contribution in [-0.2, 0) is 10.2 Å². The Morgan fingerprint density at radius 3 is 2.50 bits per heavy atom. The SMILES string of the molecule is CC(C)C[C@](CCN1[C@H](C)CCC[C@H]1C)(C(N)=O)c1ccccn1. The standard InChI is InChI=1S/C20H33N3O/c1-15(2)14-20(19(21)24,18-10-5-6-12-22-18)11-13-23-16(3)8-7-9-17(23)4/h5-6,10,12,15-17H,7-9,11,13-14H2,1-4H3,(H2,21,24)/t16-,17-,20+/m1/s1. The molecule has 0 aliphatic carbocycles. The van der Waals surface area contributed by atoms with E-state index in [1.165, 1.54) is 19.3 Å². The number of likely N-dealkylation sites (tertiary alicyclic amines) is 1. The number of carbonyl (C=O) groups excluding carboxylic acids is 1. The van der Waals surface area contributed by atoms with E-state index in [0.717, 1.165) is 25.1 Å². The van der Waals surface area contributed by atoms with Crippen molar-refractivity contribution in [1.82, 2.24) is 9.88 Å². The van der Waals surface area contributed by atoms with Gasteiger partial charge in [0.2, 0.25) is 5.91 Å². The molecule has 2 N–H and O–H groups in total. The molecule has 0 spiro atoms. The quantitative estimate of drug-likeness (QED) is 0.832. The summed E-state index contributed by atoms with van der Waals surface area (Å²) in [5.74, 6) is 0.142. The average molecular weight is 332 g/mol. The third-order valence-electron chi connectivity index (χ3n) is 5.56. The fourth-order valence-electron chi connectivity index (χ4n) is 4.26. The first-order chi connectivity index (χ1) is 11.4. The van der Waals surface area contributed by atoms with Crippen molar-refractivity contribution in [2.24, 2.45) is 11.7 Å². The van der Waals surface area contributed by atoms with Crippen molar-refractivity contribution < 1.29 is 4.79 Å². The van der Waals surface area contributed by atoms with Crippen LogP contribution in [0.2, 0.25) is 0 Å². The minimum atomic E-state index is -0.674. The maximum absolute atomic E-state index is 12.6. The molecule has 1 amide bonds. The van der Waals surface area contributed by atoms with Gasteiger partial charge in [-0.1, -0.05) is 26.3 Å². The molecule has 1 aromatic heterocycles. The fourth-order valence-corrected chi connectivity index (χ4v) is 4.26. The van der Waals surface area contributed by atoms with E-state index in [1.807, 2.05) is 18.2 Å². The zero-order valence-corrected chi connectivity index (χ0v) is 15.7. The van der Waals surface area contributed by atoms with Crippen molar-refractivity contribution in [2.75, 3.05) is 6.54 Å². The van der Waals surface area contributed by atoms with E-state index in [9.17, 15) is 4.79 Å². The molecule has 0 radical (unpaired) electrons. The lowest BCUT2D eigenvalue weighted by molar-refractivity contribution is -0.125. The summed E-state index contributed by atoms with van der Waals surface area (Å²) in [6.45, 7) is 9.78. The normalized spacial score (nSPS) is 24.7. The molecule has 24 heavy (non-hydrogen) atoms. The third kappa shape index (κ3) is 4.15. The van der Waals surface area contributed by atoms with Gasteiger partial charge in [0.05, 0.1) is 11.1 Å². The van der Waals surface area contributed by atoms with Gasteiger partial charge in [-0.2, -0.15) is 0 Å². The molecule has 4 heteroatoms. The van der Waals surface area contributed by atoms with Gasteiger partial charge in [0.1, 0.15) is 0 Å². The molecular formula is C20H33N3O. The minimum absolute atomic E-state index is 0.243. The Morgan fingerprint density at radius 2 is 2.00 bits per heavy atom. The average Bonchev–Trinajstić information content (AvgIpc) is 2.53.